The van der Waals surface area contributed by atoms with E-state index in [9.17, 15) is 9.18 Å². The standard InChI is InChI=1S/C11H14FN3O/c12-9-1-2-10(14-7-9)15-11(16)8-3-5-13-6-4-8/h1-2,7-8,13H,3-6H2,(H,14,15,16). The minimum absolute atomic E-state index is 0.0272. The van der Waals surface area contributed by atoms with Crippen molar-refractivity contribution in [3.63, 3.8) is 0 Å². The van der Waals surface area contributed by atoms with E-state index in [1.165, 1.54) is 12.1 Å². The molecule has 0 saturated carbocycles. The minimum Gasteiger partial charge on any atom is -0.317 e. The van der Waals surface area contributed by atoms with Gasteiger partial charge in [-0.25, -0.2) is 9.37 Å². The van der Waals surface area contributed by atoms with Gasteiger partial charge in [0.25, 0.3) is 0 Å². The number of pyridine rings is 1. The maximum atomic E-state index is 12.6. The molecule has 1 aliphatic rings. The normalized spacial score (nSPS) is 17.1. The van der Waals surface area contributed by atoms with Gasteiger partial charge in [-0.1, -0.05) is 0 Å². The van der Waals surface area contributed by atoms with Crippen LogP contribution in [0.1, 0.15) is 12.8 Å². The van der Waals surface area contributed by atoms with E-state index < -0.39 is 5.82 Å². The van der Waals surface area contributed by atoms with Crippen molar-refractivity contribution in [1.82, 2.24) is 10.3 Å². The SMILES string of the molecule is O=C(Nc1ccc(F)cn1)C1CCNCC1. The van der Waals surface area contributed by atoms with Crippen molar-refractivity contribution in [2.75, 3.05) is 18.4 Å². The van der Waals surface area contributed by atoms with Crippen molar-refractivity contribution in [2.24, 2.45) is 5.92 Å². The molecule has 2 rings (SSSR count). The van der Waals surface area contributed by atoms with Crippen molar-refractivity contribution < 1.29 is 9.18 Å². The Bertz CT molecular complexity index is 360. The molecule has 16 heavy (non-hydrogen) atoms. The number of aromatic nitrogens is 1. The molecule has 1 saturated heterocycles. The maximum absolute atomic E-state index is 12.6. The molecule has 2 heterocycles. The van der Waals surface area contributed by atoms with Gasteiger partial charge in [-0.05, 0) is 38.1 Å². The second kappa shape index (κ2) is 5.03. The molecule has 0 atom stereocenters. The van der Waals surface area contributed by atoms with Crippen LogP contribution in [0.5, 0.6) is 0 Å². The predicted octanol–water partition coefficient (Wildman–Crippen LogP) is 1.16. The van der Waals surface area contributed by atoms with Crippen LogP contribution in [0.4, 0.5) is 10.2 Å². The fraction of sp³-hybridized carbons (Fsp3) is 0.455. The smallest absolute Gasteiger partial charge is 0.228 e. The molecule has 5 heteroatoms. The van der Waals surface area contributed by atoms with E-state index in [0.717, 1.165) is 32.1 Å². The highest BCUT2D eigenvalue weighted by Crippen LogP contribution is 2.14. The lowest BCUT2D eigenvalue weighted by Crippen LogP contribution is -2.34. The zero-order chi connectivity index (χ0) is 11.4. The number of piperidine rings is 1. The first kappa shape index (κ1) is 11.0. The number of nitrogens with one attached hydrogen (secondary N) is 2. The van der Waals surface area contributed by atoms with Crippen LogP contribution in [0.25, 0.3) is 0 Å². The zero-order valence-electron chi connectivity index (χ0n) is 8.87. The van der Waals surface area contributed by atoms with Crippen molar-refractivity contribution in [2.45, 2.75) is 12.8 Å². The van der Waals surface area contributed by atoms with Crippen LogP contribution in [-0.2, 0) is 4.79 Å². The first-order chi connectivity index (χ1) is 7.75. The number of carbonyl (C=O) groups excluding carboxylic acids is 1. The second-order valence-corrected chi connectivity index (χ2v) is 3.88. The van der Waals surface area contributed by atoms with Crippen LogP contribution in [0.15, 0.2) is 18.3 Å². The fourth-order valence-corrected chi connectivity index (χ4v) is 1.76. The topological polar surface area (TPSA) is 54.0 Å². The van der Waals surface area contributed by atoms with E-state index in [0.29, 0.717) is 5.82 Å². The van der Waals surface area contributed by atoms with Crippen LogP contribution >= 0.6 is 0 Å². The Hall–Kier alpha value is -1.49. The van der Waals surface area contributed by atoms with Crippen molar-refractivity contribution in [3.05, 3.63) is 24.1 Å². The number of nitrogens with zero attached hydrogens (tertiary/aromatic N) is 1. The number of rotatable bonds is 2. The van der Waals surface area contributed by atoms with Crippen LogP contribution in [0, 0.1) is 11.7 Å². The third-order valence-corrected chi connectivity index (χ3v) is 2.69. The van der Waals surface area contributed by atoms with Gasteiger partial charge >= 0.3 is 0 Å². The molecule has 0 aliphatic carbocycles. The van der Waals surface area contributed by atoms with Crippen LogP contribution in [0.2, 0.25) is 0 Å². The van der Waals surface area contributed by atoms with E-state index in [1.54, 1.807) is 0 Å². The summed E-state index contributed by atoms with van der Waals surface area (Å²) in [5.74, 6) is 0.0125. The van der Waals surface area contributed by atoms with E-state index in [-0.39, 0.29) is 11.8 Å². The third kappa shape index (κ3) is 2.76. The molecular weight excluding hydrogens is 209 g/mol. The van der Waals surface area contributed by atoms with E-state index in [4.69, 9.17) is 0 Å². The zero-order valence-corrected chi connectivity index (χ0v) is 8.87. The molecule has 1 amide bonds. The number of halogens is 1. The van der Waals surface area contributed by atoms with Gasteiger partial charge in [0.1, 0.15) is 11.6 Å². The molecular formula is C11H14FN3O. The quantitative estimate of drug-likeness (QED) is 0.791. The number of amides is 1. The lowest BCUT2D eigenvalue weighted by molar-refractivity contribution is -0.120. The molecule has 2 N–H and O–H groups in total. The summed E-state index contributed by atoms with van der Waals surface area (Å²) in [4.78, 5) is 15.6. The number of hydrogen-bond donors (Lipinski definition) is 2. The number of carbonyl (C=O) groups is 1. The monoisotopic (exact) mass is 223 g/mol. The highest BCUT2D eigenvalue weighted by molar-refractivity contribution is 5.91. The molecule has 0 radical (unpaired) electrons. The molecule has 1 fully saturated rings. The molecule has 0 unspecified atom stereocenters. The van der Waals surface area contributed by atoms with Gasteiger partial charge in [0.05, 0.1) is 6.20 Å². The van der Waals surface area contributed by atoms with Gasteiger partial charge in [0.2, 0.25) is 5.91 Å². The Balaban J connectivity index is 1.93. The van der Waals surface area contributed by atoms with Crippen molar-refractivity contribution >= 4 is 11.7 Å². The average Bonchev–Trinajstić information content (AvgIpc) is 2.33. The molecule has 1 aromatic heterocycles. The number of hydrogen-bond acceptors (Lipinski definition) is 3. The molecule has 1 aromatic rings. The van der Waals surface area contributed by atoms with Crippen molar-refractivity contribution in [3.8, 4) is 0 Å². The number of anilines is 1. The molecule has 0 bridgehead atoms. The Morgan fingerprint density at radius 2 is 2.19 bits per heavy atom. The van der Waals surface area contributed by atoms with Gasteiger partial charge in [-0.15, -0.1) is 0 Å². The average molecular weight is 223 g/mol. The lowest BCUT2D eigenvalue weighted by atomic mass is 9.97. The van der Waals surface area contributed by atoms with E-state index >= 15 is 0 Å². The molecule has 0 aromatic carbocycles. The molecule has 86 valence electrons. The van der Waals surface area contributed by atoms with Crippen LogP contribution < -0.4 is 10.6 Å². The Kier molecular flexibility index (Phi) is 3.46. The van der Waals surface area contributed by atoms with Gasteiger partial charge in [0.15, 0.2) is 0 Å². The Labute approximate surface area is 93.3 Å². The summed E-state index contributed by atoms with van der Waals surface area (Å²) in [5.41, 5.74) is 0. The summed E-state index contributed by atoms with van der Waals surface area (Å²) in [6.07, 6.45) is 2.78. The van der Waals surface area contributed by atoms with E-state index in [2.05, 4.69) is 15.6 Å². The summed E-state index contributed by atoms with van der Waals surface area (Å²) in [5, 5.41) is 5.89. The first-order valence-electron chi connectivity index (χ1n) is 5.39. The van der Waals surface area contributed by atoms with Gasteiger partial charge in [0, 0.05) is 5.92 Å². The molecule has 1 aliphatic heterocycles. The summed E-state index contributed by atoms with van der Waals surface area (Å²) >= 11 is 0. The van der Waals surface area contributed by atoms with Crippen LogP contribution in [0.3, 0.4) is 0 Å². The third-order valence-electron chi connectivity index (χ3n) is 2.69. The summed E-state index contributed by atoms with van der Waals surface area (Å²) < 4.78 is 12.6. The Morgan fingerprint density at radius 1 is 1.44 bits per heavy atom. The molecule has 4 nitrogen and oxygen atoms in total. The summed E-state index contributed by atoms with van der Waals surface area (Å²) in [7, 11) is 0. The Morgan fingerprint density at radius 3 is 2.81 bits per heavy atom. The highest BCUT2D eigenvalue weighted by atomic mass is 19.1. The minimum atomic E-state index is -0.403. The fourth-order valence-electron chi connectivity index (χ4n) is 1.76. The summed E-state index contributed by atoms with van der Waals surface area (Å²) in [6.45, 7) is 1.74. The lowest BCUT2D eigenvalue weighted by Gasteiger charge is -2.21. The van der Waals surface area contributed by atoms with Crippen molar-refractivity contribution in [1.29, 1.82) is 0 Å². The van der Waals surface area contributed by atoms with Gasteiger partial charge in [-0.2, -0.15) is 0 Å². The highest BCUT2D eigenvalue weighted by Gasteiger charge is 2.20. The first-order valence-corrected chi connectivity index (χ1v) is 5.39. The maximum Gasteiger partial charge on any atom is 0.228 e. The predicted molar refractivity (Wildman–Crippen MR) is 58.4 cm³/mol. The van der Waals surface area contributed by atoms with Gasteiger partial charge < -0.3 is 10.6 Å². The van der Waals surface area contributed by atoms with E-state index in [1.807, 2.05) is 0 Å². The van der Waals surface area contributed by atoms with Crippen LogP contribution in [-0.4, -0.2) is 24.0 Å². The largest absolute Gasteiger partial charge is 0.317 e. The van der Waals surface area contributed by atoms with Gasteiger partial charge in [-0.3, -0.25) is 4.79 Å². The summed E-state index contributed by atoms with van der Waals surface area (Å²) in [6, 6.07) is 2.75. The second-order valence-electron chi connectivity index (χ2n) is 3.88. The molecule has 0 spiro atoms.